The molecule has 0 aromatic heterocycles. The summed E-state index contributed by atoms with van der Waals surface area (Å²) in [5.41, 5.74) is 8.56. The van der Waals surface area contributed by atoms with E-state index in [1.807, 2.05) is 0 Å². The number of hydrogen-bond donors (Lipinski definition) is 1. The molecule has 3 heteroatoms. The van der Waals surface area contributed by atoms with Gasteiger partial charge in [0, 0.05) is 13.1 Å². The highest BCUT2D eigenvalue weighted by Gasteiger charge is 2.21. The van der Waals surface area contributed by atoms with Crippen molar-refractivity contribution in [2.75, 3.05) is 26.7 Å². The highest BCUT2D eigenvalue weighted by atomic mass is 16.5. The van der Waals surface area contributed by atoms with E-state index in [2.05, 4.69) is 30.0 Å². The molecule has 3 nitrogen and oxygen atoms in total. The molecule has 2 rings (SSSR count). The number of rotatable bonds is 5. The first-order valence-corrected chi connectivity index (χ1v) is 6.85. The Hall–Kier alpha value is -1.06. The molecule has 1 atom stereocenters. The Balaban J connectivity index is 2.05. The van der Waals surface area contributed by atoms with Gasteiger partial charge < -0.3 is 10.5 Å². The maximum atomic E-state index is 5.74. The standard InChI is InChI=1S/C15H24N2O/c1-3-13-8-15(18-2)5-4-14(13)11-17-7-6-12(9-16)10-17/h4-5,8,12H,3,6-7,9-11,16H2,1-2H3. The normalized spacial score (nSPS) is 20.3. The lowest BCUT2D eigenvalue weighted by atomic mass is 10.0. The second-order valence-corrected chi connectivity index (χ2v) is 5.11. The average Bonchev–Trinajstić information content (AvgIpc) is 2.87. The predicted octanol–water partition coefficient (Wildman–Crippen LogP) is 2.04. The summed E-state index contributed by atoms with van der Waals surface area (Å²) in [5.74, 6) is 1.64. The number of aryl methyl sites for hydroxylation is 1. The van der Waals surface area contributed by atoms with E-state index in [4.69, 9.17) is 10.5 Å². The van der Waals surface area contributed by atoms with E-state index in [9.17, 15) is 0 Å². The van der Waals surface area contributed by atoms with E-state index >= 15 is 0 Å². The van der Waals surface area contributed by atoms with Crippen molar-refractivity contribution in [1.29, 1.82) is 0 Å². The van der Waals surface area contributed by atoms with Crippen LogP contribution in [0.3, 0.4) is 0 Å². The largest absolute Gasteiger partial charge is 0.497 e. The third-order valence-electron chi connectivity index (χ3n) is 3.89. The molecule has 0 bridgehead atoms. The Morgan fingerprint density at radius 1 is 1.39 bits per heavy atom. The van der Waals surface area contributed by atoms with Crippen LogP contribution in [0.2, 0.25) is 0 Å². The van der Waals surface area contributed by atoms with Crippen molar-refractivity contribution in [2.24, 2.45) is 11.7 Å². The fourth-order valence-electron chi connectivity index (χ4n) is 2.70. The van der Waals surface area contributed by atoms with Crippen molar-refractivity contribution in [2.45, 2.75) is 26.3 Å². The molecule has 0 amide bonds. The van der Waals surface area contributed by atoms with Gasteiger partial charge in [-0.05, 0) is 55.1 Å². The van der Waals surface area contributed by atoms with Crippen molar-refractivity contribution in [3.8, 4) is 5.75 Å². The third-order valence-corrected chi connectivity index (χ3v) is 3.89. The zero-order valence-corrected chi connectivity index (χ0v) is 11.5. The monoisotopic (exact) mass is 248 g/mol. The van der Waals surface area contributed by atoms with Gasteiger partial charge in [0.2, 0.25) is 0 Å². The molecule has 0 spiro atoms. The van der Waals surface area contributed by atoms with E-state index in [1.165, 1.54) is 24.1 Å². The van der Waals surface area contributed by atoms with Crippen LogP contribution in [0.15, 0.2) is 18.2 Å². The average molecular weight is 248 g/mol. The van der Waals surface area contributed by atoms with Gasteiger partial charge in [-0.2, -0.15) is 0 Å². The van der Waals surface area contributed by atoms with Gasteiger partial charge >= 0.3 is 0 Å². The van der Waals surface area contributed by atoms with Crippen LogP contribution in [0.1, 0.15) is 24.5 Å². The second-order valence-electron chi connectivity index (χ2n) is 5.11. The minimum atomic E-state index is 0.688. The highest BCUT2D eigenvalue weighted by Crippen LogP contribution is 2.23. The summed E-state index contributed by atoms with van der Waals surface area (Å²) < 4.78 is 5.29. The Morgan fingerprint density at radius 3 is 2.83 bits per heavy atom. The van der Waals surface area contributed by atoms with Gasteiger partial charge in [0.05, 0.1) is 7.11 Å². The first-order valence-electron chi connectivity index (χ1n) is 6.85. The number of nitrogens with two attached hydrogens (primary N) is 1. The lowest BCUT2D eigenvalue weighted by Gasteiger charge is -2.18. The summed E-state index contributed by atoms with van der Waals surface area (Å²) in [6.45, 7) is 6.39. The van der Waals surface area contributed by atoms with E-state index in [1.54, 1.807) is 7.11 Å². The summed E-state index contributed by atoms with van der Waals surface area (Å²) in [4.78, 5) is 2.51. The number of ether oxygens (including phenoxy) is 1. The molecule has 2 N–H and O–H groups in total. The van der Waals surface area contributed by atoms with Crippen LogP contribution >= 0.6 is 0 Å². The second kappa shape index (κ2) is 6.21. The van der Waals surface area contributed by atoms with Crippen LogP contribution in [0.4, 0.5) is 0 Å². The van der Waals surface area contributed by atoms with E-state index < -0.39 is 0 Å². The molecule has 18 heavy (non-hydrogen) atoms. The molecule has 1 aromatic rings. The number of likely N-dealkylation sites (tertiary alicyclic amines) is 1. The molecular formula is C15H24N2O. The van der Waals surface area contributed by atoms with Crippen LogP contribution in [-0.2, 0) is 13.0 Å². The molecule has 1 aromatic carbocycles. The molecule has 0 aliphatic carbocycles. The molecule has 100 valence electrons. The molecule has 0 saturated carbocycles. The SMILES string of the molecule is CCc1cc(OC)ccc1CN1CCC(CN)C1. The molecule has 1 aliphatic rings. The predicted molar refractivity (Wildman–Crippen MR) is 74.8 cm³/mol. The van der Waals surface area contributed by atoms with Crippen molar-refractivity contribution < 1.29 is 4.74 Å². The number of hydrogen-bond acceptors (Lipinski definition) is 3. The zero-order valence-electron chi connectivity index (χ0n) is 11.5. The first-order chi connectivity index (χ1) is 8.76. The molecule has 1 saturated heterocycles. The molecular weight excluding hydrogens is 224 g/mol. The van der Waals surface area contributed by atoms with Gasteiger partial charge in [-0.15, -0.1) is 0 Å². The summed E-state index contributed by atoms with van der Waals surface area (Å²) in [6, 6.07) is 6.42. The maximum Gasteiger partial charge on any atom is 0.119 e. The van der Waals surface area contributed by atoms with Gasteiger partial charge in [0.15, 0.2) is 0 Å². The molecule has 0 radical (unpaired) electrons. The summed E-state index contributed by atoms with van der Waals surface area (Å²) in [6.07, 6.45) is 2.30. The Morgan fingerprint density at radius 2 is 2.22 bits per heavy atom. The van der Waals surface area contributed by atoms with Gasteiger partial charge in [0.25, 0.3) is 0 Å². The minimum absolute atomic E-state index is 0.688. The van der Waals surface area contributed by atoms with Gasteiger partial charge in [-0.25, -0.2) is 0 Å². The zero-order chi connectivity index (χ0) is 13.0. The van der Waals surface area contributed by atoms with Crippen LogP contribution in [0.25, 0.3) is 0 Å². The Kier molecular flexibility index (Phi) is 4.61. The third kappa shape index (κ3) is 3.03. The molecule has 1 aliphatic heterocycles. The van der Waals surface area contributed by atoms with Gasteiger partial charge in [-0.1, -0.05) is 13.0 Å². The van der Waals surface area contributed by atoms with Crippen molar-refractivity contribution in [1.82, 2.24) is 4.90 Å². The smallest absolute Gasteiger partial charge is 0.119 e. The molecule has 1 fully saturated rings. The van der Waals surface area contributed by atoms with E-state index in [0.717, 1.165) is 31.8 Å². The molecule has 1 heterocycles. The van der Waals surface area contributed by atoms with Crippen LogP contribution < -0.4 is 10.5 Å². The quantitative estimate of drug-likeness (QED) is 0.866. The van der Waals surface area contributed by atoms with Crippen LogP contribution in [0, 0.1) is 5.92 Å². The fourth-order valence-corrected chi connectivity index (χ4v) is 2.70. The lowest BCUT2D eigenvalue weighted by molar-refractivity contribution is 0.316. The van der Waals surface area contributed by atoms with Crippen molar-refractivity contribution >= 4 is 0 Å². The van der Waals surface area contributed by atoms with Crippen molar-refractivity contribution in [3.05, 3.63) is 29.3 Å². The number of methoxy groups -OCH3 is 1. The van der Waals surface area contributed by atoms with Crippen LogP contribution in [0.5, 0.6) is 5.75 Å². The minimum Gasteiger partial charge on any atom is -0.497 e. The summed E-state index contributed by atoms with van der Waals surface area (Å²) in [5, 5.41) is 0. The Bertz CT molecular complexity index is 392. The van der Waals surface area contributed by atoms with Crippen LogP contribution in [-0.4, -0.2) is 31.6 Å². The lowest BCUT2D eigenvalue weighted by Crippen LogP contribution is -2.23. The van der Waals surface area contributed by atoms with E-state index in [0.29, 0.717) is 5.92 Å². The Labute approximate surface area is 110 Å². The summed E-state index contributed by atoms with van der Waals surface area (Å²) in [7, 11) is 1.72. The topological polar surface area (TPSA) is 38.5 Å². The number of benzene rings is 1. The maximum absolute atomic E-state index is 5.74. The summed E-state index contributed by atoms with van der Waals surface area (Å²) >= 11 is 0. The number of nitrogens with zero attached hydrogens (tertiary/aromatic N) is 1. The highest BCUT2D eigenvalue weighted by molar-refractivity contribution is 5.35. The van der Waals surface area contributed by atoms with Crippen molar-refractivity contribution in [3.63, 3.8) is 0 Å². The molecule has 1 unspecified atom stereocenters. The van der Waals surface area contributed by atoms with Gasteiger partial charge in [0.1, 0.15) is 5.75 Å². The fraction of sp³-hybridized carbons (Fsp3) is 0.600. The first kappa shape index (κ1) is 13.4. The van der Waals surface area contributed by atoms with E-state index in [-0.39, 0.29) is 0 Å². The van der Waals surface area contributed by atoms with Gasteiger partial charge in [-0.3, -0.25) is 4.90 Å².